The summed E-state index contributed by atoms with van der Waals surface area (Å²) in [5.74, 6) is 0.886. The van der Waals surface area contributed by atoms with Crippen molar-refractivity contribution in [1.29, 1.82) is 0 Å². The number of methoxy groups -OCH3 is 3. The first-order valence-electron chi connectivity index (χ1n) is 10.6. The zero-order valence-corrected chi connectivity index (χ0v) is 18.8. The van der Waals surface area contributed by atoms with Gasteiger partial charge in [0.25, 0.3) is 5.91 Å². The molecule has 0 aromatic heterocycles. The molecule has 10 heteroatoms. The minimum absolute atomic E-state index is 0.0402. The molecule has 1 heterocycles. The number of hydrogen-bond acceptors (Lipinski definition) is 8. The lowest BCUT2D eigenvalue weighted by Gasteiger charge is -2.29. The summed E-state index contributed by atoms with van der Waals surface area (Å²) in [5.41, 5.74) is 0.283. The molecule has 2 aromatic rings. The molecule has 0 spiro atoms. The fraction of sp³-hybridized carbons (Fsp3) is 0.435. The van der Waals surface area contributed by atoms with E-state index >= 15 is 0 Å². The van der Waals surface area contributed by atoms with E-state index in [1.54, 1.807) is 11.0 Å². The third-order valence-corrected chi connectivity index (χ3v) is 6.03. The summed E-state index contributed by atoms with van der Waals surface area (Å²) in [6.07, 6.45) is 3.64. The van der Waals surface area contributed by atoms with E-state index in [0.717, 1.165) is 31.2 Å². The van der Waals surface area contributed by atoms with E-state index in [2.05, 4.69) is 0 Å². The molecular weight excluding hydrogens is 432 g/mol. The molecule has 1 fully saturated rings. The highest BCUT2D eigenvalue weighted by Crippen LogP contribution is 2.47. The van der Waals surface area contributed by atoms with Crippen molar-refractivity contribution >= 4 is 11.6 Å². The number of nitro benzene ring substituents is 1. The summed E-state index contributed by atoms with van der Waals surface area (Å²) in [7, 11) is 4.05. The van der Waals surface area contributed by atoms with E-state index < -0.39 is 16.5 Å². The van der Waals surface area contributed by atoms with Gasteiger partial charge in [0, 0.05) is 18.7 Å². The Morgan fingerprint density at radius 1 is 1.06 bits per heavy atom. The first-order chi connectivity index (χ1) is 16.0. The molecule has 0 atom stereocenters. The summed E-state index contributed by atoms with van der Waals surface area (Å²) in [5, 5.41) is 12.0. The van der Waals surface area contributed by atoms with Crippen LogP contribution in [0.2, 0.25) is 0 Å². The average molecular weight is 458 g/mol. The molecule has 2 aromatic carbocycles. The smallest absolute Gasteiger partial charge is 0.327 e. The summed E-state index contributed by atoms with van der Waals surface area (Å²) in [6, 6.07) is 6.81. The SMILES string of the molecule is COc1cc(C(=O)N(Cc2ccc3c(c2)OCO3)C2CCCC2)c([N+](=O)[O-])c(OC)c1OC. The van der Waals surface area contributed by atoms with E-state index in [1.165, 1.54) is 27.4 Å². The van der Waals surface area contributed by atoms with Gasteiger partial charge in [0.1, 0.15) is 5.56 Å². The molecule has 0 N–H and O–H groups in total. The second kappa shape index (κ2) is 9.43. The summed E-state index contributed by atoms with van der Waals surface area (Å²) < 4.78 is 26.8. The number of ether oxygens (including phenoxy) is 5. The Kier molecular flexibility index (Phi) is 6.43. The molecular formula is C23H26N2O8. The number of carbonyl (C=O) groups is 1. The van der Waals surface area contributed by atoms with Gasteiger partial charge >= 0.3 is 5.69 Å². The summed E-state index contributed by atoms with van der Waals surface area (Å²) in [4.78, 5) is 26.9. The number of fused-ring (bicyclic) bond motifs is 1. The van der Waals surface area contributed by atoms with Gasteiger partial charge in [-0.2, -0.15) is 0 Å². The molecule has 1 saturated carbocycles. The molecule has 1 amide bonds. The van der Waals surface area contributed by atoms with Crippen LogP contribution in [-0.4, -0.2) is 49.9 Å². The maximum absolute atomic E-state index is 13.8. The standard InChI is InChI=1S/C23H26N2O8/c1-29-19-11-16(20(25(27)28)22(31-3)21(19)30-2)23(26)24(15-6-4-5-7-15)12-14-8-9-17-18(10-14)33-13-32-17/h8-11,15H,4-7,12-13H2,1-3H3. The Labute approximate surface area is 191 Å². The first kappa shape index (κ1) is 22.5. The van der Waals surface area contributed by atoms with Crippen LogP contribution in [0.25, 0.3) is 0 Å². The van der Waals surface area contributed by atoms with Crippen LogP contribution >= 0.6 is 0 Å². The fourth-order valence-electron chi connectivity index (χ4n) is 4.46. The third kappa shape index (κ3) is 4.20. The molecule has 0 saturated heterocycles. The van der Waals surface area contributed by atoms with Crippen LogP contribution in [0.4, 0.5) is 5.69 Å². The van der Waals surface area contributed by atoms with Gasteiger partial charge in [-0.25, -0.2) is 0 Å². The van der Waals surface area contributed by atoms with Crippen LogP contribution in [0.3, 0.4) is 0 Å². The van der Waals surface area contributed by atoms with Gasteiger partial charge in [-0.3, -0.25) is 14.9 Å². The molecule has 0 bridgehead atoms. The van der Waals surface area contributed by atoms with Crippen molar-refractivity contribution in [3.05, 3.63) is 45.5 Å². The predicted molar refractivity (Wildman–Crippen MR) is 117 cm³/mol. The maximum atomic E-state index is 13.8. The highest BCUT2D eigenvalue weighted by atomic mass is 16.7. The minimum atomic E-state index is -0.624. The summed E-state index contributed by atoms with van der Waals surface area (Å²) in [6.45, 7) is 0.426. The van der Waals surface area contributed by atoms with E-state index in [9.17, 15) is 14.9 Å². The Hall–Kier alpha value is -3.69. The van der Waals surface area contributed by atoms with Crippen molar-refractivity contribution in [2.24, 2.45) is 0 Å². The lowest BCUT2D eigenvalue weighted by Crippen LogP contribution is -2.38. The minimum Gasteiger partial charge on any atom is -0.493 e. The number of carbonyl (C=O) groups excluding carboxylic acids is 1. The largest absolute Gasteiger partial charge is 0.493 e. The Morgan fingerprint density at radius 3 is 2.39 bits per heavy atom. The Bertz CT molecular complexity index is 1060. The monoisotopic (exact) mass is 458 g/mol. The van der Waals surface area contributed by atoms with Crippen molar-refractivity contribution in [3.8, 4) is 28.7 Å². The van der Waals surface area contributed by atoms with E-state index in [0.29, 0.717) is 11.5 Å². The number of nitro groups is 1. The fourth-order valence-corrected chi connectivity index (χ4v) is 4.46. The van der Waals surface area contributed by atoms with E-state index in [1.807, 2.05) is 12.1 Å². The van der Waals surface area contributed by atoms with Crippen LogP contribution in [0, 0.1) is 10.1 Å². The van der Waals surface area contributed by atoms with E-state index in [4.69, 9.17) is 23.7 Å². The van der Waals surface area contributed by atoms with Gasteiger partial charge in [-0.15, -0.1) is 0 Å². The van der Waals surface area contributed by atoms with Crippen molar-refractivity contribution in [2.45, 2.75) is 38.3 Å². The Balaban J connectivity index is 1.78. The number of nitrogens with zero attached hydrogens (tertiary/aromatic N) is 2. The second-order valence-corrected chi connectivity index (χ2v) is 7.86. The van der Waals surface area contributed by atoms with Gasteiger partial charge in [0.15, 0.2) is 17.2 Å². The second-order valence-electron chi connectivity index (χ2n) is 7.86. The quantitative estimate of drug-likeness (QED) is 0.432. The predicted octanol–water partition coefficient (Wildman–Crippen LogP) is 3.93. The van der Waals surface area contributed by atoms with Gasteiger partial charge in [0.2, 0.25) is 18.3 Å². The molecule has 10 nitrogen and oxygen atoms in total. The molecule has 33 heavy (non-hydrogen) atoms. The first-order valence-corrected chi connectivity index (χ1v) is 10.6. The molecule has 0 radical (unpaired) electrons. The maximum Gasteiger partial charge on any atom is 0.327 e. The number of hydrogen-bond donors (Lipinski definition) is 0. The summed E-state index contributed by atoms with van der Waals surface area (Å²) >= 11 is 0. The van der Waals surface area contributed by atoms with Crippen molar-refractivity contribution in [1.82, 2.24) is 4.90 Å². The third-order valence-electron chi connectivity index (χ3n) is 6.03. The zero-order chi connectivity index (χ0) is 23.5. The lowest BCUT2D eigenvalue weighted by atomic mass is 10.1. The van der Waals surface area contributed by atoms with Crippen LogP contribution < -0.4 is 23.7 Å². The van der Waals surface area contributed by atoms with Gasteiger partial charge in [-0.1, -0.05) is 18.9 Å². The van der Waals surface area contributed by atoms with Crippen LogP contribution in [0.1, 0.15) is 41.6 Å². The topological polar surface area (TPSA) is 110 Å². The number of benzene rings is 2. The average Bonchev–Trinajstić information content (AvgIpc) is 3.52. The molecule has 1 aliphatic heterocycles. The highest BCUT2D eigenvalue weighted by Gasteiger charge is 2.37. The van der Waals surface area contributed by atoms with Gasteiger partial charge in [-0.05, 0) is 30.5 Å². The molecule has 176 valence electrons. The number of amides is 1. The van der Waals surface area contributed by atoms with E-state index in [-0.39, 0.29) is 42.2 Å². The normalized spacial score (nSPS) is 14.8. The molecule has 0 unspecified atom stereocenters. The van der Waals surface area contributed by atoms with Crippen molar-refractivity contribution < 1.29 is 33.4 Å². The van der Waals surface area contributed by atoms with Crippen LogP contribution in [0.15, 0.2) is 24.3 Å². The van der Waals surface area contributed by atoms with Crippen molar-refractivity contribution in [2.75, 3.05) is 28.1 Å². The van der Waals surface area contributed by atoms with Gasteiger partial charge < -0.3 is 28.6 Å². The van der Waals surface area contributed by atoms with Crippen LogP contribution in [-0.2, 0) is 6.54 Å². The molecule has 2 aliphatic rings. The molecule has 1 aliphatic carbocycles. The number of rotatable bonds is 8. The Morgan fingerprint density at radius 2 is 1.76 bits per heavy atom. The molecule has 4 rings (SSSR count). The van der Waals surface area contributed by atoms with Gasteiger partial charge in [0.05, 0.1) is 26.3 Å². The lowest BCUT2D eigenvalue weighted by molar-refractivity contribution is -0.386. The van der Waals surface area contributed by atoms with Crippen molar-refractivity contribution in [3.63, 3.8) is 0 Å². The van der Waals surface area contributed by atoms with Crippen LogP contribution in [0.5, 0.6) is 28.7 Å². The highest BCUT2D eigenvalue weighted by molar-refractivity contribution is 6.01. The zero-order valence-electron chi connectivity index (χ0n) is 18.8.